The van der Waals surface area contributed by atoms with Gasteiger partial charge < -0.3 is 19.4 Å². The van der Waals surface area contributed by atoms with E-state index in [0.29, 0.717) is 68.1 Å². The molecule has 39 heavy (non-hydrogen) atoms. The highest BCUT2D eigenvalue weighted by molar-refractivity contribution is 6.31. The van der Waals surface area contributed by atoms with E-state index < -0.39 is 0 Å². The molecule has 3 amide bonds. The third-order valence-electron chi connectivity index (χ3n) is 7.49. The maximum absolute atomic E-state index is 14.1. The van der Waals surface area contributed by atoms with Crippen molar-refractivity contribution in [2.24, 2.45) is 0 Å². The average molecular weight is 555 g/mol. The van der Waals surface area contributed by atoms with Gasteiger partial charge in [0.15, 0.2) is 0 Å². The first-order valence-electron chi connectivity index (χ1n) is 13.8. The molecule has 1 saturated heterocycles. The van der Waals surface area contributed by atoms with E-state index in [0.717, 1.165) is 37.2 Å². The summed E-state index contributed by atoms with van der Waals surface area (Å²) in [6, 6.07) is 13.1. The van der Waals surface area contributed by atoms with Crippen LogP contribution in [0.4, 0.5) is 5.69 Å². The van der Waals surface area contributed by atoms with Crippen LogP contribution in [0.3, 0.4) is 0 Å². The largest absolute Gasteiger partial charge is 0.491 e. The summed E-state index contributed by atoms with van der Waals surface area (Å²) in [5.74, 6) is 0.466. The molecule has 9 heteroatoms. The standard InChI is InChI=1S/C30H39ClN4O4/c1-22(2)32-14-7-15-35(23(3)36)27-20-25(31)12-11-24(27)21-34(17-16-32)30(38)26-8-4-5-9-28(26)39-19-18-33-13-6-10-29(33)37/h4-5,8-9,11-12,20,22H,6-7,10,13-19,21H2,1-3H3. The number of halogens is 1. The molecule has 0 radical (unpaired) electrons. The number of fused-ring (bicyclic) bond motifs is 1. The monoisotopic (exact) mass is 554 g/mol. The first-order chi connectivity index (χ1) is 18.7. The summed E-state index contributed by atoms with van der Waals surface area (Å²) in [5.41, 5.74) is 2.09. The first kappa shape index (κ1) is 28.9. The molecule has 0 unspecified atom stereocenters. The van der Waals surface area contributed by atoms with E-state index in [9.17, 15) is 14.4 Å². The lowest BCUT2D eigenvalue weighted by atomic mass is 10.1. The van der Waals surface area contributed by atoms with Crippen LogP contribution >= 0.6 is 11.6 Å². The maximum atomic E-state index is 14.1. The predicted molar refractivity (Wildman–Crippen MR) is 153 cm³/mol. The van der Waals surface area contributed by atoms with Gasteiger partial charge in [0.05, 0.1) is 17.8 Å². The number of anilines is 1. The van der Waals surface area contributed by atoms with Gasteiger partial charge in [-0.1, -0.05) is 29.8 Å². The highest BCUT2D eigenvalue weighted by atomic mass is 35.5. The Morgan fingerprint density at radius 1 is 1.00 bits per heavy atom. The second-order valence-electron chi connectivity index (χ2n) is 10.5. The van der Waals surface area contributed by atoms with Gasteiger partial charge in [-0.05, 0) is 56.5 Å². The first-order valence-corrected chi connectivity index (χ1v) is 14.2. The van der Waals surface area contributed by atoms with Crippen molar-refractivity contribution in [1.29, 1.82) is 0 Å². The smallest absolute Gasteiger partial charge is 0.257 e. The molecular formula is C30H39ClN4O4. The summed E-state index contributed by atoms with van der Waals surface area (Å²) in [5, 5.41) is 0.548. The van der Waals surface area contributed by atoms with Crippen LogP contribution in [0.5, 0.6) is 5.75 Å². The molecule has 2 aliphatic rings. The SMILES string of the molecule is CC(=O)N1CCCN(C(C)C)CCN(C(=O)c2ccccc2OCCN2CCCC2=O)Cc2ccc(Cl)cc21. The summed E-state index contributed by atoms with van der Waals surface area (Å²) < 4.78 is 6.05. The van der Waals surface area contributed by atoms with Crippen molar-refractivity contribution in [3.05, 3.63) is 58.6 Å². The molecule has 8 nitrogen and oxygen atoms in total. The number of hydrogen-bond acceptors (Lipinski definition) is 5. The number of ether oxygens (including phenoxy) is 1. The average Bonchev–Trinajstić information content (AvgIpc) is 3.30. The van der Waals surface area contributed by atoms with Gasteiger partial charge in [0.2, 0.25) is 11.8 Å². The zero-order valence-electron chi connectivity index (χ0n) is 23.2. The maximum Gasteiger partial charge on any atom is 0.257 e. The molecule has 2 aromatic rings. The van der Waals surface area contributed by atoms with Gasteiger partial charge in [0.1, 0.15) is 12.4 Å². The minimum Gasteiger partial charge on any atom is -0.491 e. The van der Waals surface area contributed by atoms with Crippen LogP contribution in [0, 0.1) is 0 Å². The van der Waals surface area contributed by atoms with Gasteiger partial charge in [-0.3, -0.25) is 19.3 Å². The number of rotatable bonds is 6. The molecule has 2 heterocycles. The summed E-state index contributed by atoms with van der Waals surface area (Å²) in [6.07, 6.45) is 2.28. The molecule has 0 atom stereocenters. The van der Waals surface area contributed by atoms with Gasteiger partial charge >= 0.3 is 0 Å². The van der Waals surface area contributed by atoms with Crippen molar-refractivity contribution in [3.63, 3.8) is 0 Å². The minimum atomic E-state index is -0.138. The summed E-state index contributed by atoms with van der Waals surface area (Å²) in [7, 11) is 0. The van der Waals surface area contributed by atoms with Crippen molar-refractivity contribution >= 4 is 35.0 Å². The Bertz CT molecular complexity index is 1190. The summed E-state index contributed by atoms with van der Waals surface area (Å²) in [4.78, 5) is 46.5. The molecule has 210 valence electrons. The third-order valence-corrected chi connectivity index (χ3v) is 7.72. The van der Waals surface area contributed by atoms with Crippen molar-refractivity contribution in [3.8, 4) is 5.75 Å². The Balaban J connectivity index is 1.62. The second-order valence-corrected chi connectivity index (χ2v) is 10.9. The van der Waals surface area contributed by atoms with Gasteiger partial charge in [0, 0.05) is 63.7 Å². The number of amides is 3. The fraction of sp³-hybridized carbons (Fsp3) is 0.500. The topological polar surface area (TPSA) is 73.4 Å². The molecule has 0 aromatic heterocycles. The van der Waals surface area contributed by atoms with E-state index >= 15 is 0 Å². The quantitative estimate of drug-likeness (QED) is 0.527. The lowest BCUT2D eigenvalue weighted by Gasteiger charge is -2.30. The summed E-state index contributed by atoms with van der Waals surface area (Å²) in [6.45, 7) is 10.4. The molecule has 4 rings (SSSR count). The molecule has 1 fully saturated rings. The van der Waals surface area contributed by atoms with Crippen molar-refractivity contribution < 1.29 is 19.1 Å². The third kappa shape index (κ3) is 7.31. The normalized spacial score (nSPS) is 17.3. The molecular weight excluding hydrogens is 516 g/mol. The van der Waals surface area contributed by atoms with Crippen LogP contribution in [-0.2, 0) is 16.1 Å². The number of carbonyl (C=O) groups is 3. The van der Waals surface area contributed by atoms with Gasteiger partial charge in [-0.15, -0.1) is 0 Å². The van der Waals surface area contributed by atoms with E-state index in [4.69, 9.17) is 16.3 Å². The van der Waals surface area contributed by atoms with Crippen LogP contribution in [-0.4, -0.2) is 84.3 Å². The van der Waals surface area contributed by atoms with E-state index in [1.54, 1.807) is 30.0 Å². The summed E-state index contributed by atoms with van der Waals surface area (Å²) >= 11 is 6.36. The van der Waals surface area contributed by atoms with Gasteiger partial charge in [0.25, 0.3) is 5.91 Å². The number of para-hydroxylation sites is 1. The van der Waals surface area contributed by atoms with E-state index in [1.165, 1.54) is 0 Å². The molecule has 0 aliphatic carbocycles. The molecule has 0 spiro atoms. The Hall–Kier alpha value is -3.10. The minimum absolute atomic E-state index is 0.0537. The number of nitrogens with zero attached hydrogens (tertiary/aromatic N) is 4. The fourth-order valence-electron chi connectivity index (χ4n) is 5.28. The lowest BCUT2D eigenvalue weighted by Crippen LogP contribution is -2.41. The van der Waals surface area contributed by atoms with Crippen molar-refractivity contribution in [2.75, 3.05) is 50.8 Å². The fourth-order valence-corrected chi connectivity index (χ4v) is 5.45. The highest BCUT2D eigenvalue weighted by Gasteiger charge is 2.26. The van der Waals surface area contributed by atoms with Crippen LogP contribution in [0.25, 0.3) is 0 Å². The van der Waals surface area contributed by atoms with E-state index in [-0.39, 0.29) is 17.7 Å². The zero-order valence-corrected chi connectivity index (χ0v) is 24.0. The van der Waals surface area contributed by atoms with Gasteiger partial charge in [-0.25, -0.2) is 0 Å². The van der Waals surface area contributed by atoms with Crippen LogP contribution in [0.2, 0.25) is 5.02 Å². The van der Waals surface area contributed by atoms with Crippen LogP contribution < -0.4 is 9.64 Å². The predicted octanol–water partition coefficient (Wildman–Crippen LogP) is 4.45. The molecule has 0 saturated carbocycles. The Labute approximate surface area is 236 Å². The number of likely N-dealkylation sites (tertiary alicyclic amines) is 1. The molecule has 2 aliphatic heterocycles. The molecule has 0 N–H and O–H groups in total. The van der Waals surface area contributed by atoms with Gasteiger partial charge in [-0.2, -0.15) is 0 Å². The molecule has 2 aromatic carbocycles. The van der Waals surface area contributed by atoms with Crippen molar-refractivity contribution in [2.45, 2.75) is 52.6 Å². The number of benzene rings is 2. The Morgan fingerprint density at radius 3 is 2.51 bits per heavy atom. The highest BCUT2D eigenvalue weighted by Crippen LogP contribution is 2.29. The Morgan fingerprint density at radius 2 is 1.79 bits per heavy atom. The number of hydrogen-bond donors (Lipinski definition) is 0. The van der Waals surface area contributed by atoms with E-state index in [2.05, 4.69) is 18.7 Å². The zero-order chi connectivity index (χ0) is 27.9. The van der Waals surface area contributed by atoms with E-state index in [1.807, 2.05) is 34.1 Å². The van der Waals surface area contributed by atoms with Crippen LogP contribution in [0.1, 0.15) is 56.0 Å². The molecule has 0 bridgehead atoms. The van der Waals surface area contributed by atoms with Crippen molar-refractivity contribution in [1.82, 2.24) is 14.7 Å². The second kappa shape index (κ2) is 13.3. The number of carbonyl (C=O) groups excluding carboxylic acids is 3. The Kier molecular flexibility index (Phi) is 9.86. The lowest BCUT2D eigenvalue weighted by molar-refractivity contribution is -0.128. The van der Waals surface area contributed by atoms with Crippen LogP contribution in [0.15, 0.2) is 42.5 Å².